The van der Waals surface area contributed by atoms with Crippen molar-refractivity contribution < 1.29 is 17.5 Å². The third kappa shape index (κ3) is 8.96. The van der Waals surface area contributed by atoms with E-state index in [1.165, 1.54) is 24.3 Å². The van der Waals surface area contributed by atoms with Crippen LogP contribution < -0.4 is 20.5 Å². The largest absolute Gasteiger partial charge is 0.489 e. The summed E-state index contributed by atoms with van der Waals surface area (Å²) < 4.78 is 41.2. The van der Waals surface area contributed by atoms with E-state index in [9.17, 15) is 12.8 Å². The Hall–Kier alpha value is -1.92. The number of primary sulfonamides is 1. The quantitative estimate of drug-likeness (QED) is 0.273. The molecular weight excluding hydrogens is 510 g/mol. The van der Waals surface area contributed by atoms with E-state index >= 15 is 0 Å². The Morgan fingerprint density at radius 1 is 1.14 bits per heavy atom. The molecule has 29 heavy (non-hydrogen) atoms. The normalized spacial score (nSPS) is 12.6. The number of aliphatic imine (C=N–C) groups is 1. The Morgan fingerprint density at radius 2 is 1.76 bits per heavy atom. The van der Waals surface area contributed by atoms with Crippen LogP contribution in [0.1, 0.15) is 19.4 Å². The number of hydrogen-bond acceptors (Lipinski definition) is 4. The average molecular weight is 536 g/mol. The molecule has 0 amide bonds. The van der Waals surface area contributed by atoms with Crippen LogP contribution in [0.4, 0.5) is 4.39 Å². The summed E-state index contributed by atoms with van der Waals surface area (Å²) >= 11 is 0. The Balaban J connectivity index is 0.00000420. The summed E-state index contributed by atoms with van der Waals surface area (Å²) in [6.45, 7) is 5.40. The fourth-order valence-corrected chi connectivity index (χ4v) is 2.84. The van der Waals surface area contributed by atoms with Crippen LogP contribution in [-0.2, 0) is 16.6 Å². The lowest BCUT2D eigenvalue weighted by Crippen LogP contribution is -2.41. The predicted molar refractivity (Wildman–Crippen MR) is 123 cm³/mol. The number of hydrogen-bond donors (Lipinski definition) is 3. The highest BCUT2D eigenvalue weighted by atomic mass is 127. The van der Waals surface area contributed by atoms with Crippen molar-refractivity contribution in [2.75, 3.05) is 13.1 Å². The number of nitrogens with one attached hydrogen (secondary N) is 2. The van der Waals surface area contributed by atoms with Crippen molar-refractivity contribution in [2.24, 2.45) is 10.1 Å². The van der Waals surface area contributed by atoms with E-state index in [1.54, 1.807) is 24.3 Å². The zero-order valence-electron chi connectivity index (χ0n) is 16.3. The SMILES string of the molecule is CCNC(=NCc1ccc(S(N)(=O)=O)cc1)NCC(C)Oc1ccc(F)cc1.I. The van der Waals surface area contributed by atoms with Gasteiger partial charge in [0, 0.05) is 6.54 Å². The molecule has 0 bridgehead atoms. The van der Waals surface area contributed by atoms with Crippen LogP contribution in [0, 0.1) is 5.82 Å². The van der Waals surface area contributed by atoms with Crippen LogP contribution in [0.25, 0.3) is 0 Å². The summed E-state index contributed by atoms with van der Waals surface area (Å²) in [6, 6.07) is 12.1. The maximum atomic E-state index is 12.9. The van der Waals surface area contributed by atoms with E-state index in [-0.39, 0.29) is 40.8 Å². The number of halogens is 2. The van der Waals surface area contributed by atoms with Crippen LogP contribution >= 0.6 is 24.0 Å². The van der Waals surface area contributed by atoms with Crippen LogP contribution in [0.2, 0.25) is 0 Å². The average Bonchev–Trinajstić information content (AvgIpc) is 2.65. The molecule has 2 aromatic carbocycles. The highest BCUT2D eigenvalue weighted by Crippen LogP contribution is 2.13. The molecule has 0 saturated heterocycles. The van der Waals surface area contributed by atoms with Gasteiger partial charge in [-0.3, -0.25) is 0 Å². The van der Waals surface area contributed by atoms with Crippen molar-refractivity contribution in [2.45, 2.75) is 31.4 Å². The minimum atomic E-state index is -3.70. The molecule has 2 rings (SSSR count). The van der Waals surface area contributed by atoms with Gasteiger partial charge in [-0.05, 0) is 55.8 Å². The minimum absolute atomic E-state index is 0. The molecule has 2 aromatic rings. The van der Waals surface area contributed by atoms with E-state index in [0.29, 0.717) is 31.3 Å². The zero-order chi connectivity index (χ0) is 20.6. The molecule has 0 aliphatic rings. The minimum Gasteiger partial charge on any atom is -0.489 e. The van der Waals surface area contributed by atoms with Crippen molar-refractivity contribution >= 4 is 40.0 Å². The van der Waals surface area contributed by atoms with Gasteiger partial charge in [0.05, 0.1) is 18.0 Å². The van der Waals surface area contributed by atoms with Crippen LogP contribution in [-0.4, -0.2) is 33.6 Å². The summed E-state index contributed by atoms with van der Waals surface area (Å²) in [5, 5.41) is 11.4. The second kappa shape index (κ2) is 11.9. The molecule has 4 N–H and O–H groups in total. The molecule has 0 fully saturated rings. The van der Waals surface area contributed by atoms with Crippen LogP contribution in [0.3, 0.4) is 0 Å². The van der Waals surface area contributed by atoms with Gasteiger partial charge in [0.1, 0.15) is 17.7 Å². The molecule has 0 aromatic heterocycles. The van der Waals surface area contributed by atoms with Gasteiger partial charge in [-0.15, -0.1) is 24.0 Å². The molecule has 7 nitrogen and oxygen atoms in total. The number of nitrogens with two attached hydrogens (primary N) is 1. The molecule has 1 unspecified atom stereocenters. The van der Waals surface area contributed by atoms with Crippen molar-refractivity contribution in [3.05, 3.63) is 59.9 Å². The molecule has 0 saturated carbocycles. The first-order valence-electron chi connectivity index (χ1n) is 8.84. The van der Waals surface area contributed by atoms with Gasteiger partial charge in [-0.25, -0.2) is 22.9 Å². The van der Waals surface area contributed by atoms with E-state index in [1.807, 2.05) is 13.8 Å². The van der Waals surface area contributed by atoms with Gasteiger partial charge in [0.2, 0.25) is 10.0 Å². The molecule has 1 atom stereocenters. The topological polar surface area (TPSA) is 106 Å². The fourth-order valence-electron chi connectivity index (χ4n) is 2.32. The van der Waals surface area contributed by atoms with Gasteiger partial charge < -0.3 is 15.4 Å². The van der Waals surface area contributed by atoms with Gasteiger partial charge in [-0.1, -0.05) is 12.1 Å². The Labute approximate surface area is 188 Å². The Kier molecular flexibility index (Phi) is 10.3. The number of nitrogens with zero attached hydrogens (tertiary/aromatic N) is 1. The lowest BCUT2D eigenvalue weighted by molar-refractivity contribution is 0.223. The lowest BCUT2D eigenvalue weighted by Gasteiger charge is -2.17. The molecule has 0 aliphatic carbocycles. The monoisotopic (exact) mass is 536 g/mol. The van der Waals surface area contributed by atoms with Crippen molar-refractivity contribution in [1.82, 2.24) is 10.6 Å². The smallest absolute Gasteiger partial charge is 0.238 e. The van der Waals surface area contributed by atoms with Crippen molar-refractivity contribution in [3.63, 3.8) is 0 Å². The van der Waals surface area contributed by atoms with E-state index in [2.05, 4.69) is 15.6 Å². The standard InChI is InChI=1S/C19H25FN4O3S.HI/c1-3-22-19(23-12-14(2)27-17-8-6-16(20)7-9-17)24-13-15-4-10-18(11-5-15)28(21,25)26;/h4-11,14H,3,12-13H2,1-2H3,(H2,21,25,26)(H2,22,23,24);1H. The Bertz CT molecular complexity index is 891. The van der Waals surface area contributed by atoms with Crippen LogP contribution in [0.5, 0.6) is 5.75 Å². The first-order valence-corrected chi connectivity index (χ1v) is 10.4. The maximum Gasteiger partial charge on any atom is 0.238 e. The number of ether oxygens (including phenoxy) is 1. The van der Waals surface area contributed by atoms with Gasteiger partial charge in [0.25, 0.3) is 0 Å². The second-order valence-corrected chi connectivity index (χ2v) is 7.71. The van der Waals surface area contributed by atoms with Crippen molar-refractivity contribution in [1.29, 1.82) is 0 Å². The zero-order valence-corrected chi connectivity index (χ0v) is 19.4. The van der Waals surface area contributed by atoms with Crippen molar-refractivity contribution in [3.8, 4) is 5.75 Å². The maximum absolute atomic E-state index is 12.9. The summed E-state index contributed by atoms with van der Waals surface area (Å²) in [7, 11) is -3.70. The first kappa shape index (κ1) is 25.1. The van der Waals surface area contributed by atoms with Gasteiger partial charge in [-0.2, -0.15) is 0 Å². The number of sulfonamides is 1. The highest BCUT2D eigenvalue weighted by Gasteiger charge is 2.08. The van der Waals surface area contributed by atoms with Gasteiger partial charge >= 0.3 is 0 Å². The summed E-state index contributed by atoms with van der Waals surface area (Å²) in [5.74, 6) is 0.886. The highest BCUT2D eigenvalue weighted by molar-refractivity contribution is 14.0. The van der Waals surface area contributed by atoms with E-state index < -0.39 is 10.0 Å². The molecule has 0 heterocycles. The predicted octanol–water partition coefficient (Wildman–Crippen LogP) is 2.61. The molecule has 0 radical (unpaired) electrons. The molecule has 0 spiro atoms. The summed E-state index contributed by atoms with van der Waals surface area (Å²) in [5.41, 5.74) is 0.847. The first-order chi connectivity index (χ1) is 13.3. The molecular formula is C19H26FIN4O3S. The third-order valence-electron chi connectivity index (χ3n) is 3.72. The number of guanidine groups is 1. The lowest BCUT2D eigenvalue weighted by atomic mass is 10.2. The fraction of sp³-hybridized carbons (Fsp3) is 0.316. The molecule has 160 valence electrons. The summed E-state index contributed by atoms with van der Waals surface area (Å²) in [6.07, 6.45) is -0.164. The second-order valence-electron chi connectivity index (χ2n) is 6.15. The number of benzene rings is 2. The Morgan fingerprint density at radius 3 is 2.31 bits per heavy atom. The van der Waals surface area contributed by atoms with Crippen LogP contribution in [0.15, 0.2) is 58.4 Å². The molecule has 10 heteroatoms. The number of rotatable bonds is 8. The van der Waals surface area contributed by atoms with Gasteiger partial charge in [0.15, 0.2) is 5.96 Å². The van der Waals surface area contributed by atoms with E-state index in [0.717, 1.165) is 5.56 Å². The summed E-state index contributed by atoms with van der Waals surface area (Å²) in [4.78, 5) is 4.54. The van der Waals surface area contributed by atoms with E-state index in [4.69, 9.17) is 9.88 Å². The molecule has 0 aliphatic heterocycles. The third-order valence-corrected chi connectivity index (χ3v) is 4.65.